The average molecular weight is 376 g/mol. The van der Waals surface area contributed by atoms with Crippen molar-refractivity contribution in [1.29, 1.82) is 5.26 Å². The van der Waals surface area contributed by atoms with E-state index in [1.807, 2.05) is 57.2 Å². The first-order chi connectivity index (χ1) is 13.3. The molecule has 6 nitrogen and oxygen atoms in total. The minimum atomic E-state index is -0.385. The molecule has 0 aromatic heterocycles. The molecule has 1 aliphatic heterocycles. The van der Waals surface area contributed by atoms with Gasteiger partial charge in [0.15, 0.2) is 0 Å². The van der Waals surface area contributed by atoms with Crippen molar-refractivity contribution in [3.63, 3.8) is 0 Å². The number of rotatable bonds is 3. The summed E-state index contributed by atoms with van der Waals surface area (Å²) in [4.78, 5) is 26.5. The zero-order valence-electron chi connectivity index (χ0n) is 16.4. The van der Waals surface area contributed by atoms with Crippen molar-refractivity contribution in [3.05, 3.63) is 59.2 Å². The van der Waals surface area contributed by atoms with Crippen LogP contribution in [0.2, 0.25) is 0 Å². The topological polar surface area (TPSA) is 85.2 Å². The molecule has 0 aliphatic carbocycles. The molecule has 0 saturated heterocycles. The molecular weight excluding hydrogens is 352 g/mol. The zero-order valence-corrected chi connectivity index (χ0v) is 16.4. The molecule has 0 unspecified atom stereocenters. The smallest absolute Gasteiger partial charge is 0.319 e. The predicted octanol–water partition coefficient (Wildman–Crippen LogP) is 3.96. The number of amides is 3. The highest BCUT2D eigenvalue weighted by molar-refractivity contribution is 5.99. The van der Waals surface area contributed by atoms with Crippen molar-refractivity contribution in [2.45, 2.75) is 45.7 Å². The summed E-state index contributed by atoms with van der Waals surface area (Å²) in [5.74, 6) is 0.0337. The van der Waals surface area contributed by atoms with Gasteiger partial charge in [-0.1, -0.05) is 30.3 Å². The molecule has 3 rings (SSSR count). The molecule has 28 heavy (non-hydrogen) atoms. The van der Waals surface area contributed by atoms with Gasteiger partial charge in [0.25, 0.3) is 0 Å². The summed E-state index contributed by atoms with van der Waals surface area (Å²) >= 11 is 0. The Balaban J connectivity index is 1.92. The van der Waals surface area contributed by atoms with Gasteiger partial charge in [-0.2, -0.15) is 5.26 Å². The molecule has 144 valence electrons. The van der Waals surface area contributed by atoms with E-state index in [1.54, 1.807) is 11.0 Å². The van der Waals surface area contributed by atoms with Crippen molar-refractivity contribution in [3.8, 4) is 6.07 Å². The fourth-order valence-corrected chi connectivity index (χ4v) is 3.31. The van der Waals surface area contributed by atoms with Gasteiger partial charge in [-0.25, -0.2) is 4.79 Å². The highest BCUT2D eigenvalue weighted by Gasteiger charge is 2.28. The van der Waals surface area contributed by atoms with Gasteiger partial charge in [-0.15, -0.1) is 0 Å². The molecule has 0 fully saturated rings. The first kappa shape index (κ1) is 19.4. The lowest BCUT2D eigenvalue weighted by Gasteiger charge is -2.31. The SMILES string of the molecule is CC(C)(C)NC(=O)Nc1ccc2c(c1C#N)CCC(=O)N2Cc1ccccc1. The van der Waals surface area contributed by atoms with E-state index in [0.29, 0.717) is 30.6 Å². The standard InChI is InChI=1S/C22H24N4O2/c1-22(2,3)25-21(28)24-18-10-11-19-16(17(18)13-23)9-12-20(27)26(19)14-15-7-5-4-6-8-15/h4-8,10-11H,9,12,14H2,1-3H3,(H2,24,25,28). The fraction of sp³-hybridized carbons (Fsp3) is 0.318. The summed E-state index contributed by atoms with van der Waals surface area (Å²) in [6, 6.07) is 15.1. The third-order valence-electron chi connectivity index (χ3n) is 4.50. The summed E-state index contributed by atoms with van der Waals surface area (Å²) < 4.78 is 0. The van der Waals surface area contributed by atoms with Crippen LogP contribution in [0, 0.1) is 11.3 Å². The van der Waals surface area contributed by atoms with E-state index >= 15 is 0 Å². The number of hydrogen-bond donors (Lipinski definition) is 2. The van der Waals surface area contributed by atoms with Gasteiger partial charge in [-0.05, 0) is 50.5 Å². The summed E-state index contributed by atoms with van der Waals surface area (Å²) in [6.07, 6.45) is 0.824. The minimum Gasteiger partial charge on any atom is -0.333 e. The Morgan fingerprint density at radius 1 is 1.14 bits per heavy atom. The number of anilines is 2. The molecule has 0 saturated carbocycles. The van der Waals surface area contributed by atoms with Gasteiger partial charge >= 0.3 is 6.03 Å². The number of carbonyl (C=O) groups is 2. The van der Waals surface area contributed by atoms with E-state index < -0.39 is 0 Å². The maximum absolute atomic E-state index is 12.5. The number of fused-ring (bicyclic) bond motifs is 1. The molecule has 3 amide bonds. The molecular formula is C22H24N4O2. The number of urea groups is 1. The number of nitriles is 1. The Labute approximate surface area is 165 Å². The Hall–Kier alpha value is -3.33. The summed E-state index contributed by atoms with van der Waals surface area (Å²) in [7, 11) is 0. The Kier molecular flexibility index (Phi) is 5.36. The van der Waals surface area contributed by atoms with Crippen LogP contribution in [0.3, 0.4) is 0 Å². The Morgan fingerprint density at radius 3 is 2.50 bits per heavy atom. The van der Waals surface area contributed by atoms with Gasteiger partial charge in [0, 0.05) is 17.6 Å². The van der Waals surface area contributed by atoms with Gasteiger partial charge < -0.3 is 15.5 Å². The van der Waals surface area contributed by atoms with Crippen molar-refractivity contribution in [1.82, 2.24) is 5.32 Å². The van der Waals surface area contributed by atoms with E-state index in [0.717, 1.165) is 16.8 Å². The molecule has 0 spiro atoms. The molecule has 0 bridgehead atoms. The van der Waals surface area contributed by atoms with Crippen LogP contribution in [0.1, 0.15) is 43.9 Å². The quantitative estimate of drug-likeness (QED) is 0.850. The molecule has 1 aliphatic rings. The number of hydrogen-bond acceptors (Lipinski definition) is 3. The normalized spacial score (nSPS) is 13.5. The van der Waals surface area contributed by atoms with Gasteiger partial charge in [0.1, 0.15) is 6.07 Å². The van der Waals surface area contributed by atoms with Crippen LogP contribution in [-0.2, 0) is 17.8 Å². The van der Waals surface area contributed by atoms with Gasteiger partial charge in [0.05, 0.1) is 17.8 Å². The van der Waals surface area contributed by atoms with Crippen molar-refractivity contribution in [2.24, 2.45) is 0 Å². The number of benzene rings is 2. The largest absolute Gasteiger partial charge is 0.333 e. The predicted molar refractivity (Wildman–Crippen MR) is 109 cm³/mol. The van der Waals surface area contributed by atoms with Crippen LogP contribution in [0.4, 0.5) is 16.2 Å². The lowest BCUT2D eigenvalue weighted by Crippen LogP contribution is -2.43. The van der Waals surface area contributed by atoms with Crippen molar-refractivity contribution < 1.29 is 9.59 Å². The van der Waals surface area contributed by atoms with Gasteiger partial charge in [-0.3, -0.25) is 4.79 Å². The van der Waals surface area contributed by atoms with Crippen molar-refractivity contribution >= 4 is 23.3 Å². The summed E-state index contributed by atoms with van der Waals surface area (Å²) in [5, 5.41) is 15.3. The van der Waals surface area contributed by atoms with E-state index in [4.69, 9.17) is 0 Å². The molecule has 0 radical (unpaired) electrons. The zero-order chi connectivity index (χ0) is 20.3. The van der Waals surface area contributed by atoms with Crippen LogP contribution < -0.4 is 15.5 Å². The number of nitrogens with zero attached hydrogens (tertiary/aromatic N) is 2. The molecule has 6 heteroatoms. The highest BCUT2D eigenvalue weighted by atomic mass is 16.2. The average Bonchev–Trinajstić information content (AvgIpc) is 2.63. The van der Waals surface area contributed by atoms with Crippen LogP contribution in [0.25, 0.3) is 0 Å². The maximum atomic E-state index is 12.5. The highest BCUT2D eigenvalue weighted by Crippen LogP contribution is 2.35. The van der Waals surface area contributed by atoms with E-state index in [2.05, 4.69) is 16.7 Å². The lowest BCUT2D eigenvalue weighted by molar-refractivity contribution is -0.119. The van der Waals surface area contributed by atoms with Crippen LogP contribution in [0.5, 0.6) is 0 Å². The van der Waals surface area contributed by atoms with Crippen LogP contribution >= 0.6 is 0 Å². The van der Waals surface area contributed by atoms with E-state index in [9.17, 15) is 14.9 Å². The van der Waals surface area contributed by atoms with Crippen LogP contribution in [-0.4, -0.2) is 17.5 Å². The summed E-state index contributed by atoms with van der Waals surface area (Å²) in [6.45, 7) is 6.11. The monoisotopic (exact) mass is 376 g/mol. The first-order valence-electron chi connectivity index (χ1n) is 9.28. The van der Waals surface area contributed by atoms with E-state index in [-0.39, 0.29) is 17.5 Å². The number of carbonyl (C=O) groups excluding carboxylic acids is 2. The molecule has 2 aromatic rings. The van der Waals surface area contributed by atoms with Crippen molar-refractivity contribution in [2.75, 3.05) is 10.2 Å². The Bertz CT molecular complexity index is 939. The first-order valence-corrected chi connectivity index (χ1v) is 9.28. The lowest BCUT2D eigenvalue weighted by atomic mass is 9.94. The van der Waals surface area contributed by atoms with E-state index in [1.165, 1.54) is 0 Å². The maximum Gasteiger partial charge on any atom is 0.319 e. The fourth-order valence-electron chi connectivity index (χ4n) is 3.31. The second-order valence-corrected chi connectivity index (χ2v) is 7.89. The third kappa shape index (κ3) is 4.32. The minimum absolute atomic E-state index is 0.0337. The summed E-state index contributed by atoms with van der Waals surface area (Å²) in [5.41, 5.74) is 3.03. The molecule has 2 N–H and O–H groups in total. The molecule has 0 atom stereocenters. The second-order valence-electron chi connectivity index (χ2n) is 7.89. The number of nitrogens with one attached hydrogen (secondary N) is 2. The Morgan fingerprint density at radius 2 is 1.86 bits per heavy atom. The van der Waals surface area contributed by atoms with Crippen LogP contribution in [0.15, 0.2) is 42.5 Å². The van der Waals surface area contributed by atoms with Gasteiger partial charge in [0.2, 0.25) is 5.91 Å². The molecule has 2 aromatic carbocycles. The molecule has 1 heterocycles. The second kappa shape index (κ2) is 7.73. The third-order valence-corrected chi connectivity index (χ3v) is 4.50.